The van der Waals surface area contributed by atoms with Crippen LogP contribution < -0.4 is 9.64 Å². The predicted octanol–water partition coefficient (Wildman–Crippen LogP) is 2.87. The molecule has 0 aliphatic carbocycles. The zero-order chi connectivity index (χ0) is 12.4. The Kier molecular flexibility index (Phi) is 3.72. The molecule has 0 radical (unpaired) electrons. The van der Waals surface area contributed by atoms with Gasteiger partial charge in [-0.25, -0.2) is 0 Å². The van der Waals surface area contributed by atoms with Crippen molar-refractivity contribution in [1.82, 2.24) is 0 Å². The Morgan fingerprint density at radius 3 is 2.88 bits per heavy atom. The van der Waals surface area contributed by atoms with Crippen molar-refractivity contribution in [1.29, 1.82) is 0 Å². The number of ketones is 1. The molecule has 1 heterocycles. The third-order valence-electron chi connectivity index (χ3n) is 3.17. The first-order valence-electron chi connectivity index (χ1n) is 5.73. The highest BCUT2D eigenvalue weighted by atomic mass is 79.9. The maximum absolute atomic E-state index is 11.5. The second-order valence-electron chi connectivity index (χ2n) is 4.38. The molecule has 0 spiro atoms. The van der Waals surface area contributed by atoms with Gasteiger partial charge in [-0.1, -0.05) is 6.92 Å². The van der Waals surface area contributed by atoms with Gasteiger partial charge in [0.25, 0.3) is 0 Å². The van der Waals surface area contributed by atoms with Gasteiger partial charge < -0.3 is 9.64 Å². The number of anilines is 1. The molecule has 0 bridgehead atoms. The van der Waals surface area contributed by atoms with Crippen LogP contribution in [0, 0.1) is 5.92 Å². The second-order valence-corrected chi connectivity index (χ2v) is 5.24. The summed E-state index contributed by atoms with van der Waals surface area (Å²) in [6.07, 6.45) is 0.630. The molecule has 1 fully saturated rings. The first-order chi connectivity index (χ1) is 8.11. The molecule has 0 saturated carbocycles. The fourth-order valence-electron chi connectivity index (χ4n) is 2.10. The molecule has 1 aliphatic heterocycles. The molecule has 1 unspecified atom stereocenters. The molecule has 0 amide bonds. The van der Waals surface area contributed by atoms with E-state index in [0.29, 0.717) is 12.2 Å². The molecule has 1 atom stereocenters. The van der Waals surface area contributed by atoms with E-state index < -0.39 is 0 Å². The van der Waals surface area contributed by atoms with E-state index >= 15 is 0 Å². The molecule has 4 heteroatoms. The Hall–Kier alpha value is -1.03. The quantitative estimate of drug-likeness (QED) is 0.841. The highest BCUT2D eigenvalue weighted by Gasteiger charge is 2.24. The number of ether oxygens (including phenoxy) is 1. The lowest BCUT2D eigenvalue weighted by Crippen LogP contribution is -2.39. The van der Waals surface area contributed by atoms with Crippen molar-refractivity contribution >= 4 is 27.4 Å². The minimum atomic E-state index is 0.113. The molecule has 2 rings (SSSR count). The van der Waals surface area contributed by atoms with Crippen LogP contribution in [0.15, 0.2) is 22.7 Å². The summed E-state index contributed by atoms with van der Waals surface area (Å²) in [5.41, 5.74) is 1.10. The van der Waals surface area contributed by atoms with Gasteiger partial charge in [0, 0.05) is 36.0 Å². The van der Waals surface area contributed by atoms with E-state index in [4.69, 9.17) is 4.74 Å². The smallest absolute Gasteiger partial charge is 0.139 e. The Balaban J connectivity index is 2.24. The number of Topliss-reactive ketones (excluding diaryl/α,β-unsaturated/α-hetero) is 1. The van der Waals surface area contributed by atoms with Gasteiger partial charge in [-0.15, -0.1) is 0 Å². The van der Waals surface area contributed by atoms with Gasteiger partial charge >= 0.3 is 0 Å². The number of piperidine rings is 1. The molecule has 1 aliphatic rings. The van der Waals surface area contributed by atoms with Crippen LogP contribution >= 0.6 is 15.9 Å². The Labute approximate surface area is 110 Å². The molecule has 3 nitrogen and oxygen atoms in total. The van der Waals surface area contributed by atoms with E-state index in [1.54, 1.807) is 7.11 Å². The van der Waals surface area contributed by atoms with E-state index in [9.17, 15) is 4.79 Å². The third-order valence-corrected chi connectivity index (χ3v) is 3.84. The van der Waals surface area contributed by atoms with E-state index in [0.717, 1.165) is 29.0 Å². The molecule has 1 aromatic rings. The Morgan fingerprint density at radius 1 is 1.47 bits per heavy atom. The lowest BCUT2D eigenvalue weighted by atomic mass is 9.98. The van der Waals surface area contributed by atoms with Crippen LogP contribution in [0.3, 0.4) is 0 Å². The van der Waals surface area contributed by atoms with Crippen LogP contribution in [-0.2, 0) is 4.79 Å². The maximum atomic E-state index is 11.5. The predicted molar refractivity (Wildman–Crippen MR) is 71.7 cm³/mol. The molecular weight excluding hydrogens is 282 g/mol. The van der Waals surface area contributed by atoms with Crippen LogP contribution in [0.5, 0.6) is 5.75 Å². The van der Waals surface area contributed by atoms with Gasteiger partial charge in [0.05, 0.1) is 12.8 Å². The van der Waals surface area contributed by atoms with Crippen molar-refractivity contribution in [3.05, 3.63) is 22.7 Å². The van der Waals surface area contributed by atoms with Crippen LogP contribution in [-0.4, -0.2) is 26.0 Å². The number of nitrogens with zero attached hydrogens (tertiary/aromatic N) is 1. The van der Waals surface area contributed by atoms with Crippen LogP contribution in [0.25, 0.3) is 0 Å². The first kappa shape index (κ1) is 12.4. The molecule has 17 heavy (non-hydrogen) atoms. The van der Waals surface area contributed by atoms with Crippen LogP contribution in [0.1, 0.15) is 13.3 Å². The van der Waals surface area contributed by atoms with Crippen LogP contribution in [0.2, 0.25) is 0 Å². The number of rotatable bonds is 2. The number of hydrogen-bond acceptors (Lipinski definition) is 3. The fourth-order valence-corrected chi connectivity index (χ4v) is 2.59. The summed E-state index contributed by atoms with van der Waals surface area (Å²) in [6, 6.07) is 5.91. The molecule has 92 valence electrons. The van der Waals surface area contributed by atoms with E-state index in [1.807, 2.05) is 25.1 Å². The summed E-state index contributed by atoms with van der Waals surface area (Å²) in [7, 11) is 1.66. The third kappa shape index (κ3) is 2.63. The largest absolute Gasteiger partial charge is 0.497 e. The number of benzene rings is 1. The van der Waals surface area contributed by atoms with E-state index in [2.05, 4.69) is 20.8 Å². The van der Waals surface area contributed by atoms with E-state index in [1.165, 1.54) is 0 Å². The molecule has 1 saturated heterocycles. The molecule has 1 aromatic carbocycles. The van der Waals surface area contributed by atoms with Gasteiger partial charge in [-0.3, -0.25) is 4.79 Å². The van der Waals surface area contributed by atoms with Crippen molar-refractivity contribution < 1.29 is 9.53 Å². The van der Waals surface area contributed by atoms with Crippen molar-refractivity contribution in [3.8, 4) is 5.75 Å². The fraction of sp³-hybridized carbons (Fsp3) is 0.462. The first-order valence-corrected chi connectivity index (χ1v) is 6.52. The standard InChI is InChI=1S/C13H16BrNO2/c1-9-8-15(6-5-13(9)16)12-7-10(17-2)3-4-11(12)14/h3-4,7,9H,5-6,8H2,1-2H3. The maximum Gasteiger partial charge on any atom is 0.139 e. The monoisotopic (exact) mass is 297 g/mol. The average molecular weight is 298 g/mol. The van der Waals surface area contributed by atoms with Gasteiger partial charge in [0.15, 0.2) is 0 Å². The minimum absolute atomic E-state index is 0.113. The summed E-state index contributed by atoms with van der Waals surface area (Å²) >= 11 is 3.55. The number of carbonyl (C=O) groups is 1. The highest BCUT2D eigenvalue weighted by Crippen LogP contribution is 2.32. The normalized spacial score (nSPS) is 20.5. The van der Waals surface area contributed by atoms with Crippen molar-refractivity contribution in [3.63, 3.8) is 0 Å². The summed E-state index contributed by atoms with van der Waals surface area (Å²) < 4.78 is 6.28. The second kappa shape index (κ2) is 5.08. The van der Waals surface area contributed by atoms with Gasteiger partial charge in [-0.05, 0) is 28.1 Å². The number of halogens is 1. The number of carbonyl (C=O) groups excluding carboxylic acids is 1. The zero-order valence-electron chi connectivity index (χ0n) is 10.1. The van der Waals surface area contributed by atoms with Gasteiger partial charge in [0.2, 0.25) is 0 Å². The Morgan fingerprint density at radius 2 is 2.24 bits per heavy atom. The average Bonchev–Trinajstić information content (AvgIpc) is 2.33. The van der Waals surface area contributed by atoms with Crippen LogP contribution in [0.4, 0.5) is 5.69 Å². The zero-order valence-corrected chi connectivity index (χ0v) is 11.7. The van der Waals surface area contributed by atoms with Crippen molar-refractivity contribution in [2.45, 2.75) is 13.3 Å². The van der Waals surface area contributed by atoms with Crippen molar-refractivity contribution in [2.75, 3.05) is 25.1 Å². The summed E-state index contributed by atoms with van der Waals surface area (Å²) in [4.78, 5) is 13.8. The topological polar surface area (TPSA) is 29.5 Å². The van der Waals surface area contributed by atoms with Crippen molar-refractivity contribution in [2.24, 2.45) is 5.92 Å². The number of methoxy groups -OCH3 is 1. The molecule has 0 aromatic heterocycles. The Bertz CT molecular complexity index is 433. The van der Waals surface area contributed by atoms with E-state index in [-0.39, 0.29) is 5.92 Å². The van der Waals surface area contributed by atoms with Gasteiger partial charge in [-0.2, -0.15) is 0 Å². The molecular formula is C13H16BrNO2. The highest BCUT2D eigenvalue weighted by molar-refractivity contribution is 9.10. The minimum Gasteiger partial charge on any atom is -0.497 e. The summed E-state index contributed by atoms with van der Waals surface area (Å²) in [5.74, 6) is 1.31. The summed E-state index contributed by atoms with van der Waals surface area (Å²) in [6.45, 7) is 3.56. The number of hydrogen-bond donors (Lipinski definition) is 0. The van der Waals surface area contributed by atoms with Gasteiger partial charge in [0.1, 0.15) is 11.5 Å². The summed E-state index contributed by atoms with van der Waals surface area (Å²) in [5, 5.41) is 0. The lowest BCUT2D eigenvalue weighted by Gasteiger charge is -2.32. The molecule has 0 N–H and O–H groups in total. The lowest BCUT2D eigenvalue weighted by molar-refractivity contribution is -0.122. The SMILES string of the molecule is COc1ccc(Br)c(N2CCC(=O)C(C)C2)c1.